The summed E-state index contributed by atoms with van der Waals surface area (Å²) in [5.41, 5.74) is 1.09. The molecule has 2 aliphatic rings. The third kappa shape index (κ3) is 9.09. The fourth-order valence-electron chi connectivity index (χ4n) is 4.92. The number of amides is 7. The zero-order valence-electron chi connectivity index (χ0n) is 29.0. The van der Waals surface area contributed by atoms with Gasteiger partial charge < -0.3 is 47.0 Å². The van der Waals surface area contributed by atoms with Crippen molar-refractivity contribution in [3.63, 3.8) is 0 Å². The first-order chi connectivity index (χ1) is 25.9. The van der Waals surface area contributed by atoms with Gasteiger partial charge in [0.05, 0.1) is 31.2 Å². The second-order valence-electron chi connectivity index (χ2n) is 12.4. The van der Waals surface area contributed by atoms with E-state index in [0.717, 1.165) is 25.2 Å². The Morgan fingerprint density at radius 2 is 1.80 bits per heavy atom. The molecule has 302 valence electrons. The van der Waals surface area contributed by atoms with Crippen LogP contribution >= 0.6 is 11.3 Å². The molecule has 2 fully saturated rings. The number of aromatic hydroxyl groups is 1. The highest BCUT2D eigenvalue weighted by Gasteiger charge is 2.51. The molecule has 0 bridgehead atoms. The Morgan fingerprint density at radius 3 is 2.38 bits per heavy atom. The molecule has 2 aromatic rings. The third-order valence-electron chi connectivity index (χ3n) is 7.94. The van der Waals surface area contributed by atoms with E-state index >= 15 is 0 Å². The summed E-state index contributed by atoms with van der Waals surface area (Å²) in [6.07, 6.45) is -1.29. The van der Waals surface area contributed by atoms with Gasteiger partial charge in [-0.2, -0.15) is 13.1 Å². The fourth-order valence-corrected chi connectivity index (χ4v) is 6.62. The molecule has 4 heterocycles. The highest BCUT2D eigenvalue weighted by atomic mass is 32.2. The molecular formula is C28H32N10O16S2. The van der Waals surface area contributed by atoms with Gasteiger partial charge in [-0.15, -0.1) is 11.3 Å². The van der Waals surface area contributed by atoms with Gasteiger partial charge in [0.1, 0.15) is 23.5 Å². The van der Waals surface area contributed by atoms with Gasteiger partial charge in [0.25, 0.3) is 17.7 Å². The smallest absolute Gasteiger partial charge is 0.350 e. The van der Waals surface area contributed by atoms with Crippen LogP contribution in [0.25, 0.3) is 0 Å². The monoisotopic (exact) mass is 828 g/mol. The number of nitrogens with one attached hydrogen (secondary N) is 4. The Balaban J connectivity index is 1.39. The molecule has 0 spiro atoms. The molecule has 56 heavy (non-hydrogen) atoms. The molecule has 7 amide bonds. The van der Waals surface area contributed by atoms with Gasteiger partial charge in [-0.3, -0.25) is 38.5 Å². The zero-order valence-corrected chi connectivity index (χ0v) is 30.6. The Kier molecular flexibility index (Phi) is 11.9. The number of aliphatic carboxylic acids is 2. The number of oxime groups is 1. The predicted octanol–water partition coefficient (Wildman–Crippen LogP) is -3.93. The Labute approximate surface area is 317 Å². The molecule has 26 nitrogen and oxygen atoms in total. The van der Waals surface area contributed by atoms with Crippen LogP contribution in [0.15, 0.2) is 27.6 Å². The molecule has 28 heteroatoms. The zero-order chi connectivity index (χ0) is 42.0. The van der Waals surface area contributed by atoms with Gasteiger partial charge in [-0.25, -0.2) is 23.6 Å². The summed E-state index contributed by atoms with van der Waals surface area (Å²) in [5.74, 6) is -9.91. The first-order valence-electron chi connectivity index (χ1n) is 15.6. The number of thiazole rings is 1. The quantitative estimate of drug-likeness (QED) is 0.0380. The van der Waals surface area contributed by atoms with Crippen LogP contribution in [0.3, 0.4) is 0 Å². The second-order valence-corrected chi connectivity index (χ2v) is 14.9. The van der Waals surface area contributed by atoms with E-state index in [2.05, 4.69) is 20.8 Å². The topological polar surface area (TPSA) is 389 Å². The average Bonchev–Trinajstić information content (AvgIpc) is 3.69. The number of anilines is 1. The molecule has 2 saturated heterocycles. The van der Waals surface area contributed by atoms with Crippen molar-refractivity contribution in [2.24, 2.45) is 5.16 Å². The number of hydrogen-bond donors (Lipinski definition) is 9. The maximum atomic E-state index is 13.1. The van der Waals surface area contributed by atoms with Crippen LogP contribution in [0.4, 0.5) is 9.93 Å². The van der Waals surface area contributed by atoms with E-state index in [1.165, 1.54) is 17.0 Å². The number of carbonyl (C=O) groups is 8. The maximum Gasteiger partial charge on any atom is 0.350 e. The maximum absolute atomic E-state index is 13.1. The number of rotatable bonds is 14. The molecule has 0 aromatic carbocycles. The number of carbonyl (C=O) groups excluding carboxylic acids is 6. The number of carboxylic acid groups (broad SMARTS) is 2. The van der Waals surface area contributed by atoms with E-state index in [4.69, 9.17) is 10.6 Å². The highest BCUT2D eigenvalue weighted by molar-refractivity contribution is 7.88. The van der Waals surface area contributed by atoms with Crippen molar-refractivity contribution < 1.29 is 72.1 Å². The second kappa shape index (κ2) is 15.9. The van der Waals surface area contributed by atoms with E-state index in [9.17, 15) is 72.1 Å². The predicted molar refractivity (Wildman–Crippen MR) is 183 cm³/mol. The molecule has 0 aliphatic carbocycles. The number of imide groups is 1. The number of aromatic nitrogens is 2. The molecule has 4 rings (SSSR count). The lowest BCUT2D eigenvalue weighted by atomic mass is 9.97. The largest absolute Gasteiger partial charge is 0.503 e. The number of nitrogens with two attached hydrogens (primary N) is 1. The van der Waals surface area contributed by atoms with Gasteiger partial charge in [0, 0.05) is 17.9 Å². The fraction of sp³-hybridized carbons (Fsp3) is 0.393. The van der Waals surface area contributed by atoms with Crippen LogP contribution in [-0.2, 0) is 43.8 Å². The Hall–Kier alpha value is -6.84. The molecule has 4 atom stereocenters. The van der Waals surface area contributed by atoms with Crippen molar-refractivity contribution >= 4 is 79.9 Å². The number of carboxylic acids is 2. The molecule has 0 unspecified atom stereocenters. The lowest BCUT2D eigenvalue weighted by molar-refractivity contribution is -0.161. The van der Waals surface area contributed by atoms with Crippen LogP contribution in [0.1, 0.15) is 49.8 Å². The number of urea groups is 1. The Morgan fingerprint density at radius 1 is 1.14 bits per heavy atom. The van der Waals surface area contributed by atoms with E-state index in [1.807, 2.05) is 5.32 Å². The number of β-lactam (4-membered cyclic amide) rings is 1. The van der Waals surface area contributed by atoms with E-state index < -0.39 is 129 Å². The van der Waals surface area contributed by atoms with Crippen LogP contribution in [0.2, 0.25) is 0 Å². The highest BCUT2D eigenvalue weighted by Crippen LogP contribution is 2.23. The van der Waals surface area contributed by atoms with E-state index in [-0.39, 0.29) is 19.9 Å². The summed E-state index contributed by atoms with van der Waals surface area (Å²) in [5, 5.41) is 49.1. The summed E-state index contributed by atoms with van der Waals surface area (Å²) in [7, 11) is -5.06. The van der Waals surface area contributed by atoms with Crippen LogP contribution in [-0.4, -0.2) is 137 Å². The van der Waals surface area contributed by atoms with E-state index in [0.29, 0.717) is 17.2 Å². The number of nitrogens with zero attached hydrogens (tertiary/aromatic N) is 5. The van der Waals surface area contributed by atoms with Crippen molar-refractivity contribution in [1.29, 1.82) is 0 Å². The summed E-state index contributed by atoms with van der Waals surface area (Å²) < 4.78 is 27.9. The Bertz CT molecular complexity index is 2220. The lowest BCUT2D eigenvalue weighted by Crippen LogP contribution is -2.73. The van der Waals surface area contributed by atoms with Crippen LogP contribution < -0.4 is 31.8 Å². The lowest BCUT2D eigenvalue weighted by Gasteiger charge is -2.43. The summed E-state index contributed by atoms with van der Waals surface area (Å²) >= 11 is 0.898. The minimum absolute atomic E-state index is 0.00000783. The first-order valence-corrected chi connectivity index (χ1v) is 18.0. The molecule has 10 N–H and O–H groups in total. The molecule has 0 radical (unpaired) electrons. The summed E-state index contributed by atoms with van der Waals surface area (Å²) in [4.78, 5) is 121. The minimum Gasteiger partial charge on any atom is -0.503 e. The minimum atomic E-state index is -5.06. The van der Waals surface area contributed by atoms with E-state index in [1.54, 1.807) is 0 Å². The standard InChI is InChI=1S/C28H32N10O16S2/c1-10-19(33-23(46)20(13-9-55-26(29)32-13)34-54-28(2,3)25(48)49)24(47)38(10)27(50)35-56(52,53)37-7-11(4-17(37)41)30-21(44)12(5-18(42)43)31-22(45)14-6-15(39)16(40)8-36(14)51/h6,8-12,19,40,51H,4-5,7H2,1-3H3,(H2,29,32)(H,30,44)(H,31,45)(H,33,46)(H,35,50)(H,42,43)(H,48,49)/b34-20-/t10-,11-,12-,19-/m0/s1. The van der Waals surface area contributed by atoms with Gasteiger partial charge >= 0.3 is 28.2 Å². The SMILES string of the molecule is C[C@H]1[C@H](NC(=O)/C(=N\OC(C)(C)C(=O)O)c2csc(N)n2)C(=O)N1C(=O)NS(=O)(=O)N1C[C@@H](NC(=O)[C@H](CC(=O)O)NC(=O)c2cc(=O)c(O)cn2O)CC1=O. The average molecular weight is 829 g/mol. The molecule has 0 saturated carbocycles. The first kappa shape index (κ1) is 41.9. The normalized spacial score (nSPS) is 19.1. The molecule has 2 aromatic heterocycles. The van der Waals surface area contributed by atoms with Crippen LogP contribution in [0, 0.1) is 0 Å². The number of hydrogen-bond acceptors (Lipinski definition) is 18. The summed E-state index contributed by atoms with van der Waals surface area (Å²) in [6.45, 7) is 2.72. The van der Waals surface area contributed by atoms with Crippen LogP contribution in [0.5, 0.6) is 5.75 Å². The van der Waals surface area contributed by atoms with Crippen molar-refractivity contribution in [2.75, 3.05) is 12.3 Å². The van der Waals surface area contributed by atoms with Gasteiger partial charge in [-0.1, -0.05) is 5.16 Å². The molecule has 2 aliphatic heterocycles. The molecular weight excluding hydrogens is 796 g/mol. The van der Waals surface area contributed by atoms with Gasteiger partial charge in [-0.05, 0) is 20.8 Å². The number of likely N-dealkylation sites (tertiary alicyclic amines) is 1. The number of nitrogen functional groups attached to an aromatic ring is 1. The van der Waals surface area contributed by atoms with Crippen molar-refractivity contribution in [3.05, 3.63) is 39.3 Å². The number of pyridine rings is 1. The van der Waals surface area contributed by atoms with Crippen molar-refractivity contribution in [2.45, 2.75) is 63.4 Å². The summed E-state index contributed by atoms with van der Waals surface area (Å²) in [6, 6.07) is -6.94. The van der Waals surface area contributed by atoms with Crippen molar-refractivity contribution in [1.82, 2.24) is 39.6 Å². The van der Waals surface area contributed by atoms with Crippen molar-refractivity contribution in [3.8, 4) is 5.75 Å². The third-order valence-corrected chi connectivity index (χ3v) is 9.98. The van der Waals surface area contributed by atoms with Gasteiger partial charge in [0.15, 0.2) is 16.6 Å². The van der Waals surface area contributed by atoms with Gasteiger partial charge in [0.2, 0.25) is 22.8 Å².